The Bertz CT molecular complexity index is 2420. The van der Waals surface area contributed by atoms with Gasteiger partial charge in [-0.15, -0.1) is 11.3 Å². The Morgan fingerprint density at radius 1 is 0.349 bits per heavy atom. The third-order valence-electron chi connectivity index (χ3n) is 8.29. The third-order valence-corrected chi connectivity index (χ3v) is 9.42. The first-order chi connectivity index (χ1) is 21.3. The monoisotopic (exact) mass is 565 g/mol. The second-order valence-corrected chi connectivity index (χ2v) is 12.0. The molecule has 0 N–H and O–H groups in total. The van der Waals surface area contributed by atoms with E-state index in [9.17, 15) is 0 Å². The molecule has 0 spiro atoms. The van der Waals surface area contributed by atoms with Crippen LogP contribution in [-0.4, -0.2) is 15.0 Å². The Morgan fingerprint density at radius 2 is 0.930 bits per heavy atom. The van der Waals surface area contributed by atoms with Crippen molar-refractivity contribution in [2.45, 2.75) is 0 Å². The number of benzene rings is 7. The van der Waals surface area contributed by atoms with E-state index >= 15 is 0 Å². The highest BCUT2D eigenvalue weighted by Gasteiger charge is 2.16. The number of thiophene rings is 1. The summed E-state index contributed by atoms with van der Waals surface area (Å²) in [5.74, 6) is 2.01. The van der Waals surface area contributed by atoms with Crippen LogP contribution in [0.15, 0.2) is 140 Å². The molecule has 3 nitrogen and oxygen atoms in total. The largest absolute Gasteiger partial charge is 0.208 e. The van der Waals surface area contributed by atoms with Crippen molar-refractivity contribution in [1.29, 1.82) is 0 Å². The van der Waals surface area contributed by atoms with E-state index in [2.05, 4.69) is 140 Å². The average molecular weight is 566 g/mol. The molecule has 9 aromatic rings. The highest BCUT2D eigenvalue weighted by molar-refractivity contribution is 7.25. The van der Waals surface area contributed by atoms with Crippen LogP contribution in [0.2, 0.25) is 0 Å². The zero-order valence-electron chi connectivity index (χ0n) is 23.0. The highest BCUT2D eigenvalue weighted by Crippen LogP contribution is 2.38. The molecule has 0 unspecified atom stereocenters. The first-order valence-corrected chi connectivity index (χ1v) is 15.2. The van der Waals surface area contributed by atoms with Gasteiger partial charge in [-0.3, -0.25) is 0 Å². The summed E-state index contributed by atoms with van der Waals surface area (Å²) in [4.78, 5) is 15.3. The first kappa shape index (κ1) is 24.2. The van der Waals surface area contributed by atoms with Crippen molar-refractivity contribution < 1.29 is 0 Å². The highest BCUT2D eigenvalue weighted by atomic mass is 32.1. The van der Waals surface area contributed by atoms with Crippen molar-refractivity contribution in [3.05, 3.63) is 140 Å². The summed E-state index contributed by atoms with van der Waals surface area (Å²) < 4.78 is 2.60. The van der Waals surface area contributed by atoms with Crippen molar-refractivity contribution in [3.8, 4) is 34.2 Å². The predicted molar refractivity (Wildman–Crippen MR) is 182 cm³/mol. The lowest BCUT2D eigenvalue weighted by Crippen LogP contribution is -2.01. The molecule has 0 radical (unpaired) electrons. The quantitative estimate of drug-likeness (QED) is 0.214. The van der Waals surface area contributed by atoms with E-state index in [0.29, 0.717) is 17.5 Å². The number of hydrogen-bond acceptors (Lipinski definition) is 4. The molecule has 0 fully saturated rings. The minimum absolute atomic E-state index is 0.666. The number of nitrogens with zero attached hydrogens (tertiary/aromatic N) is 3. The van der Waals surface area contributed by atoms with Crippen molar-refractivity contribution in [2.75, 3.05) is 0 Å². The molecule has 43 heavy (non-hydrogen) atoms. The van der Waals surface area contributed by atoms with Gasteiger partial charge in [-0.05, 0) is 56.6 Å². The summed E-state index contributed by atoms with van der Waals surface area (Å²) in [6.45, 7) is 0. The number of hydrogen-bond donors (Lipinski definition) is 0. The van der Waals surface area contributed by atoms with Crippen LogP contribution in [0.5, 0.6) is 0 Å². The molecule has 0 aliphatic heterocycles. The van der Waals surface area contributed by atoms with Crippen molar-refractivity contribution in [2.24, 2.45) is 0 Å². The van der Waals surface area contributed by atoms with Crippen molar-refractivity contribution >= 4 is 63.8 Å². The SMILES string of the molecule is c1ccc2c(-c3nc(-c4ccc5cc6c(cc5c4)sc4ccccc46)nc(-c4cccc5ccccc45)n3)cccc2c1. The molecule has 9 rings (SSSR count). The number of aromatic nitrogens is 3. The fourth-order valence-electron chi connectivity index (χ4n) is 6.19. The number of rotatable bonds is 3. The zero-order chi connectivity index (χ0) is 28.3. The lowest BCUT2D eigenvalue weighted by atomic mass is 10.0. The van der Waals surface area contributed by atoms with Gasteiger partial charge in [0.25, 0.3) is 0 Å². The maximum Gasteiger partial charge on any atom is 0.164 e. The molecule has 0 aliphatic carbocycles. The number of fused-ring (bicyclic) bond motifs is 6. The second-order valence-electron chi connectivity index (χ2n) is 10.9. The van der Waals surface area contributed by atoms with Crippen LogP contribution >= 0.6 is 11.3 Å². The van der Waals surface area contributed by atoms with E-state index in [1.54, 1.807) is 0 Å². The fraction of sp³-hybridized carbons (Fsp3) is 0. The molecule has 0 saturated heterocycles. The van der Waals surface area contributed by atoms with Gasteiger partial charge in [-0.1, -0.05) is 115 Å². The van der Waals surface area contributed by atoms with E-state index in [-0.39, 0.29) is 0 Å². The van der Waals surface area contributed by atoms with E-state index in [0.717, 1.165) is 38.2 Å². The Labute approximate surface area is 251 Å². The van der Waals surface area contributed by atoms with Gasteiger partial charge >= 0.3 is 0 Å². The molecular weight excluding hydrogens is 543 g/mol. The van der Waals surface area contributed by atoms with Gasteiger partial charge in [-0.25, -0.2) is 15.0 Å². The molecule has 4 heteroatoms. The van der Waals surface area contributed by atoms with Gasteiger partial charge in [-0.2, -0.15) is 0 Å². The molecule has 0 atom stereocenters. The Balaban J connectivity index is 1.29. The summed E-state index contributed by atoms with van der Waals surface area (Å²) in [7, 11) is 0. The Morgan fingerprint density at radius 3 is 1.63 bits per heavy atom. The van der Waals surface area contributed by atoms with Crippen LogP contribution in [0, 0.1) is 0 Å². The first-order valence-electron chi connectivity index (χ1n) is 14.4. The van der Waals surface area contributed by atoms with Gasteiger partial charge in [0.1, 0.15) is 0 Å². The summed E-state index contributed by atoms with van der Waals surface area (Å²) in [6, 6.07) is 49.2. The summed E-state index contributed by atoms with van der Waals surface area (Å²) >= 11 is 1.84. The molecule has 7 aromatic carbocycles. The molecule has 0 aliphatic rings. The van der Waals surface area contributed by atoms with Crippen molar-refractivity contribution in [3.63, 3.8) is 0 Å². The zero-order valence-corrected chi connectivity index (χ0v) is 23.8. The van der Waals surface area contributed by atoms with Gasteiger partial charge < -0.3 is 0 Å². The predicted octanol–water partition coefficient (Wildman–Crippen LogP) is 10.7. The van der Waals surface area contributed by atoms with Gasteiger partial charge in [0.05, 0.1) is 0 Å². The molecule has 0 amide bonds. The van der Waals surface area contributed by atoms with Crippen LogP contribution < -0.4 is 0 Å². The smallest absolute Gasteiger partial charge is 0.164 e. The maximum atomic E-state index is 5.11. The lowest BCUT2D eigenvalue weighted by molar-refractivity contribution is 1.08. The Kier molecular flexibility index (Phi) is 5.37. The lowest BCUT2D eigenvalue weighted by Gasteiger charge is -2.12. The van der Waals surface area contributed by atoms with Gasteiger partial charge in [0.2, 0.25) is 0 Å². The van der Waals surface area contributed by atoms with Crippen molar-refractivity contribution in [1.82, 2.24) is 15.0 Å². The van der Waals surface area contributed by atoms with Crippen LogP contribution in [-0.2, 0) is 0 Å². The minimum Gasteiger partial charge on any atom is -0.208 e. The van der Waals surface area contributed by atoms with Crippen LogP contribution in [0.4, 0.5) is 0 Å². The van der Waals surface area contributed by atoms with Gasteiger partial charge in [0.15, 0.2) is 17.5 Å². The standard InChI is InChI=1S/C39H23N3S/c1-3-13-29-24(9-1)11-7-16-32(29)38-40-37(41-39(42-38)33-17-8-12-25-10-2-4-14-30(25)33)27-20-19-26-22-34-31-15-5-6-18-35(31)43-36(34)23-28(26)21-27/h1-23H. The summed E-state index contributed by atoms with van der Waals surface area (Å²) in [5.41, 5.74) is 2.96. The summed E-state index contributed by atoms with van der Waals surface area (Å²) in [6.07, 6.45) is 0. The van der Waals surface area contributed by atoms with E-state index < -0.39 is 0 Å². The van der Waals surface area contributed by atoms with Crippen LogP contribution in [0.25, 0.3) is 86.7 Å². The average Bonchev–Trinajstić information content (AvgIpc) is 3.43. The van der Waals surface area contributed by atoms with E-state index in [4.69, 9.17) is 15.0 Å². The minimum atomic E-state index is 0.666. The van der Waals surface area contributed by atoms with E-state index in [1.807, 2.05) is 11.3 Å². The Hall–Kier alpha value is -5.45. The molecule has 0 bridgehead atoms. The normalized spacial score (nSPS) is 11.7. The molecule has 2 heterocycles. The van der Waals surface area contributed by atoms with E-state index in [1.165, 1.54) is 30.9 Å². The van der Waals surface area contributed by atoms with Crippen LogP contribution in [0.3, 0.4) is 0 Å². The van der Waals surface area contributed by atoms with Crippen LogP contribution in [0.1, 0.15) is 0 Å². The topological polar surface area (TPSA) is 38.7 Å². The third kappa shape index (κ3) is 3.99. The molecule has 0 saturated carbocycles. The second kappa shape index (κ2) is 9.55. The molecular formula is C39H23N3S. The molecule has 200 valence electrons. The summed E-state index contributed by atoms with van der Waals surface area (Å²) in [5, 5.41) is 9.56. The van der Waals surface area contributed by atoms with Gasteiger partial charge in [0, 0.05) is 36.9 Å². The maximum absolute atomic E-state index is 5.11. The fourth-order valence-corrected chi connectivity index (χ4v) is 7.33. The molecule has 2 aromatic heterocycles.